The Hall–Kier alpha value is -2.99. The standard InChI is InChI=1S/C21H18N2O3S/c24-19(23-21-22-17-7-4-8-18(17)27-21)13-26-16-11-9-15(10-12-16)20(25)14-5-2-1-3-6-14/h1-3,5-6,9-12H,4,7-8,13H2,(H,22,23,24). The number of rotatable bonds is 6. The molecule has 0 radical (unpaired) electrons. The second kappa shape index (κ2) is 7.72. The summed E-state index contributed by atoms with van der Waals surface area (Å²) in [5.41, 5.74) is 2.33. The van der Waals surface area contributed by atoms with Crippen molar-refractivity contribution in [3.8, 4) is 5.75 Å². The quantitative estimate of drug-likeness (QED) is 0.661. The fraction of sp³-hybridized carbons (Fsp3) is 0.190. The van der Waals surface area contributed by atoms with Gasteiger partial charge in [-0.25, -0.2) is 4.98 Å². The Morgan fingerprint density at radius 3 is 2.48 bits per heavy atom. The third kappa shape index (κ3) is 4.06. The van der Waals surface area contributed by atoms with E-state index in [9.17, 15) is 9.59 Å². The first kappa shape index (κ1) is 17.4. The summed E-state index contributed by atoms with van der Waals surface area (Å²) < 4.78 is 5.51. The molecule has 0 atom stereocenters. The molecule has 0 saturated heterocycles. The second-order valence-corrected chi connectivity index (χ2v) is 7.38. The number of aryl methyl sites for hydroxylation is 2. The van der Waals surface area contributed by atoms with Crippen molar-refractivity contribution in [3.05, 3.63) is 76.3 Å². The molecule has 1 aliphatic carbocycles. The molecule has 0 unspecified atom stereocenters. The van der Waals surface area contributed by atoms with E-state index in [1.54, 1.807) is 36.4 Å². The number of ether oxygens (including phenoxy) is 1. The lowest BCUT2D eigenvalue weighted by Crippen LogP contribution is -2.20. The van der Waals surface area contributed by atoms with Crippen molar-refractivity contribution in [2.75, 3.05) is 11.9 Å². The molecule has 0 spiro atoms. The van der Waals surface area contributed by atoms with E-state index in [0.29, 0.717) is 22.0 Å². The largest absolute Gasteiger partial charge is 0.484 e. The zero-order chi connectivity index (χ0) is 18.6. The van der Waals surface area contributed by atoms with Crippen LogP contribution in [0.25, 0.3) is 0 Å². The van der Waals surface area contributed by atoms with Gasteiger partial charge in [0.25, 0.3) is 5.91 Å². The van der Waals surface area contributed by atoms with Crippen LogP contribution in [0.4, 0.5) is 5.13 Å². The zero-order valence-corrected chi connectivity index (χ0v) is 15.4. The van der Waals surface area contributed by atoms with Crippen LogP contribution in [0.5, 0.6) is 5.75 Å². The predicted molar refractivity (Wildman–Crippen MR) is 105 cm³/mol. The molecule has 0 bridgehead atoms. The zero-order valence-electron chi connectivity index (χ0n) is 14.6. The molecule has 2 aromatic carbocycles. The minimum atomic E-state index is -0.244. The number of hydrogen-bond donors (Lipinski definition) is 1. The summed E-state index contributed by atoms with van der Waals surface area (Å²) in [6, 6.07) is 15.9. The summed E-state index contributed by atoms with van der Waals surface area (Å²) in [5, 5.41) is 3.42. The van der Waals surface area contributed by atoms with E-state index in [4.69, 9.17) is 4.74 Å². The topological polar surface area (TPSA) is 68.3 Å². The first-order valence-corrected chi connectivity index (χ1v) is 9.62. The summed E-state index contributed by atoms with van der Waals surface area (Å²) >= 11 is 1.54. The van der Waals surface area contributed by atoms with Crippen LogP contribution >= 0.6 is 11.3 Å². The summed E-state index contributed by atoms with van der Waals surface area (Å²) in [7, 11) is 0. The molecule has 0 saturated carbocycles. The van der Waals surface area contributed by atoms with Gasteiger partial charge in [-0.15, -0.1) is 11.3 Å². The number of amides is 1. The highest BCUT2D eigenvalue weighted by molar-refractivity contribution is 7.15. The van der Waals surface area contributed by atoms with Gasteiger partial charge < -0.3 is 4.74 Å². The molecule has 1 amide bonds. The lowest BCUT2D eigenvalue weighted by molar-refractivity contribution is -0.118. The van der Waals surface area contributed by atoms with Gasteiger partial charge in [0, 0.05) is 16.0 Å². The Morgan fingerprint density at radius 2 is 1.74 bits per heavy atom. The lowest BCUT2D eigenvalue weighted by Gasteiger charge is -2.07. The fourth-order valence-corrected chi connectivity index (χ4v) is 4.07. The summed E-state index contributed by atoms with van der Waals surface area (Å²) in [6.45, 7) is -0.101. The number of nitrogens with one attached hydrogen (secondary N) is 1. The smallest absolute Gasteiger partial charge is 0.264 e. The van der Waals surface area contributed by atoms with Crippen molar-refractivity contribution in [1.82, 2.24) is 4.98 Å². The highest BCUT2D eigenvalue weighted by atomic mass is 32.1. The Kier molecular flexibility index (Phi) is 4.98. The average molecular weight is 378 g/mol. The number of nitrogens with zero attached hydrogens (tertiary/aromatic N) is 1. The highest BCUT2D eigenvalue weighted by Crippen LogP contribution is 2.30. The number of ketones is 1. The molecular weight excluding hydrogens is 360 g/mol. The number of benzene rings is 2. The van der Waals surface area contributed by atoms with E-state index in [1.165, 1.54) is 16.2 Å². The Bertz CT molecular complexity index is 943. The van der Waals surface area contributed by atoms with Crippen LogP contribution in [0.2, 0.25) is 0 Å². The first-order valence-electron chi connectivity index (χ1n) is 8.80. The molecule has 5 nitrogen and oxygen atoms in total. The molecule has 4 rings (SSSR count). The molecule has 1 aliphatic rings. The molecule has 0 fully saturated rings. The van der Waals surface area contributed by atoms with Crippen LogP contribution in [-0.2, 0) is 17.6 Å². The summed E-state index contributed by atoms with van der Waals surface area (Å²) in [6.07, 6.45) is 3.19. The van der Waals surface area contributed by atoms with Crippen LogP contribution in [-0.4, -0.2) is 23.3 Å². The van der Waals surface area contributed by atoms with E-state index in [2.05, 4.69) is 10.3 Å². The van der Waals surface area contributed by atoms with Gasteiger partial charge in [-0.3, -0.25) is 14.9 Å². The van der Waals surface area contributed by atoms with Crippen LogP contribution in [0.3, 0.4) is 0 Å². The van der Waals surface area contributed by atoms with Gasteiger partial charge >= 0.3 is 0 Å². The molecule has 0 aliphatic heterocycles. The van der Waals surface area contributed by atoms with E-state index < -0.39 is 0 Å². The lowest BCUT2D eigenvalue weighted by atomic mass is 10.0. The van der Waals surface area contributed by atoms with Gasteiger partial charge in [0.15, 0.2) is 17.5 Å². The van der Waals surface area contributed by atoms with E-state index >= 15 is 0 Å². The van der Waals surface area contributed by atoms with E-state index in [1.807, 2.05) is 18.2 Å². The Labute approximate surface area is 161 Å². The predicted octanol–water partition coefficient (Wildman–Crippen LogP) is 3.88. The second-order valence-electron chi connectivity index (χ2n) is 6.30. The maximum Gasteiger partial charge on any atom is 0.264 e. The van der Waals surface area contributed by atoms with Gasteiger partial charge in [0.05, 0.1) is 5.69 Å². The van der Waals surface area contributed by atoms with Crippen molar-refractivity contribution in [3.63, 3.8) is 0 Å². The van der Waals surface area contributed by atoms with Crippen LogP contribution in [0.15, 0.2) is 54.6 Å². The number of anilines is 1. The third-order valence-corrected chi connectivity index (χ3v) is 5.44. The van der Waals surface area contributed by atoms with E-state index in [0.717, 1.165) is 25.0 Å². The summed E-state index contributed by atoms with van der Waals surface area (Å²) in [5.74, 6) is 0.250. The molecule has 1 heterocycles. The number of carbonyl (C=O) groups is 2. The Balaban J connectivity index is 1.31. The van der Waals surface area contributed by atoms with Gasteiger partial charge in [-0.1, -0.05) is 30.3 Å². The first-order chi connectivity index (χ1) is 13.2. The van der Waals surface area contributed by atoms with Crippen molar-refractivity contribution < 1.29 is 14.3 Å². The maximum absolute atomic E-state index is 12.4. The minimum Gasteiger partial charge on any atom is -0.484 e. The number of aromatic nitrogens is 1. The fourth-order valence-electron chi connectivity index (χ4n) is 3.01. The minimum absolute atomic E-state index is 0.0447. The average Bonchev–Trinajstić information content (AvgIpc) is 3.28. The van der Waals surface area contributed by atoms with Gasteiger partial charge in [-0.05, 0) is 43.5 Å². The van der Waals surface area contributed by atoms with Crippen LogP contribution < -0.4 is 10.1 Å². The van der Waals surface area contributed by atoms with Crippen molar-refractivity contribution in [2.24, 2.45) is 0 Å². The molecule has 136 valence electrons. The normalized spacial score (nSPS) is 12.4. The molecule has 1 N–H and O–H groups in total. The van der Waals surface area contributed by atoms with Crippen molar-refractivity contribution >= 4 is 28.2 Å². The maximum atomic E-state index is 12.4. The van der Waals surface area contributed by atoms with Crippen molar-refractivity contribution in [1.29, 1.82) is 0 Å². The highest BCUT2D eigenvalue weighted by Gasteiger charge is 2.17. The number of thiazole rings is 1. The van der Waals surface area contributed by atoms with Gasteiger partial charge in [0.1, 0.15) is 5.75 Å². The number of fused-ring (bicyclic) bond motifs is 1. The molecule has 3 aromatic rings. The molecule has 27 heavy (non-hydrogen) atoms. The number of carbonyl (C=O) groups excluding carboxylic acids is 2. The van der Waals surface area contributed by atoms with Gasteiger partial charge in [-0.2, -0.15) is 0 Å². The van der Waals surface area contributed by atoms with Crippen LogP contribution in [0, 0.1) is 0 Å². The molecular formula is C21H18N2O3S. The summed E-state index contributed by atoms with van der Waals surface area (Å²) in [4.78, 5) is 30.1. The SMILES string of the molecule is O=C(COc1ccc(C(=O)c2ccccc2)cc1)Nc1nc2c(s1)CCC2. The van der Waals surface area contributed by atoms with Crippen LogP contribution in [0.1, 0.15) is 32.9 Å². The van der Waals surface area contributed by atoms with Crippen molar-refractivity contribution in [2.45, 2.75) is 19.3 Å². The molecule has 6 heteroatoms. The molecule has 1 aromatic heterocycles. The number of hydrogen-bond acceptors (Lipinski definition) is 5. The Morgan fingerprint density at radius 1 is 1.00 bits per heavy atom. The monoisotopic (exact) mass is 378 g/mol. The van der Waals surface area contributed by atoms with E-state index in [-0.39, 0.29) is 18.3 Å². The van der Waals surface area contributed by atoms with Gasteiger partial charge in [0.2, 0.25) is 0 Å². The third-order valence-electron chi connectivity index (χ3n) is 4.36.